The third-order valence-corrected chi connectivity index (χ3v) is 1.94. The fraction of sp³-hybridized carbons (Fsp3) is 0.273. The van der Waals surface area contributed by atoms with Crippen LogP contribution in [0.4, 0.5) is 0 Å². The summed E-state index contributed by atoms with van der Waals surface area (Å²) in [6.45, 7) is 1.28. The molecule has 1 aromatic rings. The molecule has 15 heavy (non-hydrogen) atoms. The van der Waals surface area contributed by atoms with Gasteiger partial charge in [-0.3, -0.25) is 4.79 Å². The van der Waals surface area contributed by atoms with Crippen molar-refractivity contribution in [3.63, 3.8) is 0 Å². The molecule has 80 valence electrons. The molecule has 1 atom stereocenters. The lowest BCUT2D eigenvalue weighted by molar-refractivity contribution is -0.308. The first-order valence-electron chi connectivity index (χ1n) is 4.61. The normalized spacial score (nSPS) is 11.8. The predicted octanol–water partition coefficient (Wildman–Crippen LogP) is -0.516. The van der Waals surface area contributed by atoms with Crippen molar-refractivity contribution in [1.29, 1.82) is 0 Å². The minimum atomic E-state index is -1.27. The summed E-state index contributed by atoms with van der Waals surface area (Å²) in [4.78, 5) is 21.5. The molecule has 1 aromatic carbocycles. The van der Waals surface area contributed by atoms with E-state index in [1.807, 2.05) is 18.2 Å². The maximum atomic E-state index is 10.7. The van der Waals surface area contributed by atoms with Gasteiger partial charge in [0.2, 0.25) is 5.91 Å². The molecule has 4 heteroatoms. The van der Waals surface area contributed by atoms with Crippen LogP contribution in [-0.4, -0.2) is 17.9 Å². The Hall–Kier alpha value is -1.84. The van der Waals surface area contributed by atoms with Crippen LogP contribution >= 0.6 is 0 Å². The van der Waals surface area contributed by atoms with Gasteiger partial charge in [-0.25, -0.2) is 0 Å². The lowest BCUT2D eigenvalue weighted by Gasteiger charge is -2.18. The van der Waals surface area contributed by atoms with Crippen LogP contribution in [0.5, 0.6) is 0 Å². The van der Waals surface area contributed by atoms with Gasteiger partial charge in [-0.1, -0.05) is 30.3 Å². The first-order valence-corrected chi connectivity index (χ1v) is 4.61. The molecule has 0 saturated carbocycles. The Balaban J connectivity index is 2.67. The van der Waals surface area contributed by atoms with E-state index in [9.17, 15) is 14.7 Å². The zero-order valence-corrected chi connectivity index (χ0v) is 8.40. The Labute approximate surface area is 87.9 Å². The molecule has 0 aliphatic carbocycles. The zero-order chi connectivity index (χ0) is 11.3. The zero-order valence-electron chi connectivity index (χ0n) is 8.40. The van der Waals surface area contributed by atoms with Crippen LogP contribution in [-0.2, 0) is 16.0 Å². The molecule has 4 nitrogen and oxygen atoms in total. The second kappa shape index (κ2) is 5.14. The molecule has 0 bridgehead atoms. The van der Waals surface area contributed by atoms with Gasteiger partial charge in [0.05, 0.1) is 12.0 Å². The summed E-state index contributed by atoms with van der Waals surface area (Å²) in [5.74, 6) is -1.64. The van der Waals surface area contributed by atoms with Crippen molar-refractivity contribution in [1.82, 2.24) is 5.32 Å². The number of benzene rings is 1. The van der Waals surface area contributed by atoms with E-state index < -0.39 is 12.0 Å². The predicted molar refractivity (Wildman–Crippen MR) is 52.8 cm³/mol. The topological polar surface area (TPSA) is 69.2 Å². The van der Waals surface area contributed by atoms with Crippen molar-refractivity contribution in [3.8, 4) is 0 Å². The van der Waals surface area contributed by atoms with E-state index in [4.69, 9.17) is 0 Å². The van der Waals surface area contributed by atoms with Crippen molar-refractivity contribution in [2.45, 2.75) is 19.4 Å². The van der Waals surface area contributed by atoms with Gasteiger partial charge in [0.15, 0.2) is 0 Å². The Bertz CT molecular complexity index is 348. The summed E-state index contributed by atoms with van der Waals surface area (Å²) in [5, 5.41) is 13.0. The molecule has 1 unspecified atom stereocenters. The molecule has 0 aliphatic rings. The molecular formula is C11H12NO3-. The molecule has 1 amide bonds. The van der Waals surface area contributed by atoms with E-state index in [1.165, 1.54) is 6.92 Å². The SMILES string of the molecule is CC(=O)NC(Cc1ccccc1)C(=O)[O-]. The van der Waals surface area contributed by atoms with Crippen LogP contribution in [0.25, 0.3) is 0 Å². The monoisotopic (exact) mass is 206 g/mol. The maximum Gasteiger partial charge on any atom is 0.217 e. The van der Waals surface area contributed by atoms with Crippen molar-refractivity contribution < 1.29 is 14.7 Å². The lowest BCUT2D eigenvalue weighted by atomic mass is 10.1. The standard InChI is InChI=1S/C11H13NO3/c1-8(13)12-10(11(14)15)7-9-5-3-2-4-6-9/h2-6,10H,7H2,1H3,(H,12,13)(H,14,15)/p-1. The largest absolute Gasteiger partial charge is 0.548 e. The number of rotatable bonds is 4. The maximum absolute atomic E-state index is 10.7. The van der Waals surface area contributed by atoms with Crippen LogP contribution in [0, 0.1) is 0 Å². The average molecular weight is 206 g/mol. The Morgan fingerprint density at radius 3 is 2.40 bits per heavy atom. The first-order chi connectivity index (χ1) is 7.09. The highest BCUT2D eigenvalue weighted by atomic mass is 16.4. The van der Waals surface area contributed by atoms with Gasteiger partial charge in [-0.05, 0) is 12.0 Å². The second-order valence-electron chi connectivity index (χ2n) is 3.26. The number of carbonyl (C=O) groups excluding carboxylic acids is 2. The van der Waals surface area contributed by atoms with Crippen molar-refractivity contribution >= 4 is 11.9 Å². The van der Waals surface area contributed by atoms with Crippen LogP contribution in [0.3, 0.4) is 0 Å². The smallest absolute Gasteiger partial charge is 0.217 e. The molecule has 1 rings (SSSR count). The van der Waals surface area contributed by atoms with E-state index in [2.05, 4.69) is 5.32 Å². The van der Waals surface area contributed by atoms with Gasteiger partial charge in [0.1, 0.15) is 0 Å². The number of nitrogens with one attached hydrogen (secondary N) is 1. The minimum absolute atomic E-state index is 0.239. The average Bonchev–Trinajstić information content (AvgIpc) is 2.17. The van der Waals surface area contributed by atoms with E-state index in [0.29, 0.717) is 0 Å². The van der Waals surface area contributed by atoms with E-state index >= 15 is 0 Å². The van der Waals surface area contributed by atoms with E-state index in [0.717, 1.165) is 5.56 Å². The summed E-state index contributed by atoms with van der Waals surface area (Å²) in [7, 11) is 0. The van der Waals surface area contributed by atoms with E-state index in [-0.39, 0.29) is 12.3 Å². The molecule has 0 fully saturated rings. The van der Waals surface area contributed by atoms with Gasteiger partial charge in [0.25, 0.3) is 0 Å². The summed E-state index contributed by atoms with van der Waals surface area (Å²) in [6.07, 6.45) is 0.239. The number of hydrogen-bond donors (Lipinski definition) is 1. The number of carboxylic acid groups (broad SMARTS) is 1. The number of aliphatic carboxylic acids is 1. The first kappa shape index (κ1) is 11.2. The molecule has 0 spiro atoms. The van der Waals surface area contributed by atoms with Crippen molar-refractivity contribution in [2.24, 2.45) is 0 Å². The van der Waals surface area contributed by atoms with Crippen molar-refractivity contribution in [3.05, 3.63) is 35.9 Å². The number of hydrogen-bond acceptors (Lipinski definition) is 3. The molecule has 0 aliphatic heterocycles. The Kier molecular flexibility index (Phi) is 3.85. The third-order valence-electron chi connectivity index (χ3n) is 1.94. The summed E-state index contributed by atoms with van der Waals surface area (Å²) >= 11 is 0. The molecule has 0 saturated heterocycles. The summed E-state index contributed by atoms with van der Waals surface area (Å²) < 4.78 is 0. The van der Waals surface area contributed by atoms with Crippen molar-refractivity contribution in [2.75, 3.05) is 0 Å². The number of amides is 1. The van der Waals surface area contributed by atoms with Gasteiger partial charge in [0, 0.05) is 6.92 Å². The van der Waals surface area contributed by atoms with Gasteiger partial charge in [-0.2, -0.15) is 0 Å². The summed E-state index contributed by atoms with van der Waals surface area (Å²) in [5.41, 5.74) is 0.848. The molecular weight excluding hydrogens is 194 g/mol. The number of carbonyl (C=O) groups is 2. The number of carboxylic acids is 1. The highest BCUT2D eigenvalue weighted by Crippen LogP contribution is 2.02. The van der Waals surface area contributed by atoms with Gasteiger partial charge >= 0.3 is 0 Å². The Morgan fingerprint density at radius 1 is 1.33 bits per heavy atom. The third kappa shape index (κ3) is 3.81. The van der Waals surface area contributed by atoms with Crippen LogP contribution in [0.2, 0.25) is 0 Å². The fourth-order valence-corrected chi connectivity index (χ4v) is 1.29. The molecule has 0 aromatic heterocycles. The highest BCUT2D eigenvalue weighted by Gasteiger charge is 2.11. The Morgan fingerprint density at radius 2 is 1.93 bits per heavy atom. The molecule has 0 radical (unpaired) electrons. The van der Waals surface area contributed by atoms with Crippen LogP contribution in [0.15, 0.2) is 30.3 Å². The summed E-state index contributed by atoms with van der Waals surface area (Å²) in [6, 6.07) is 8.11. The molecule has 0 heterocycles. The highest BCUT2D eigenvalue weighted by molar-refractivity contribution is 5.81. The quantitative estimate of drug-likeness (QED) is 0.721. The van der Waals surface area contributed by atoms with Crippen LogP contribution < -0.4 is 10.4 Å². The lowest BCUT2D eigenvalue weighted by Crippen LogP contribution is -2.48. The molecule has 1 N–H and O–H groups in total. The van der Waals surface area contributed by atoms with E-state index in [1.54, 1.807) is 12.1 Å². The second-order valence-corrected chi connectivity index (χ2v) is 3.26. The van der Waals surface area contributed by atoms with Crippen LogP contribution in [0.1, 0.15) is 12.5 Å². The van der Waals surface area contributed by atoms with Gasteiger partial charge < -0.3 is 15.2 Å². The minimum Gasteiger partial charge on any atom is -0.548 e. The van der Waals surface area contributed by atoms with Gasteiger partial charge in [-0.15, -0.1) is 0 Å². The fourth-order valence-electron chi connectivity index (χ4n) is 1.29.